The summed E-state index contributed by atoms with van der Waals surface area (Å²) in [6.45, 7) is 7.16. The first-order chi connectivity index (χ1) is 18.5. The van der Waals surface area contributed by atoms with Crippen molar-refractivity contribution in [3.8, 4) is 0 Å². The van der Waals surface area contributed by atoms with Gasteiger partial charge in [0.25, 0.3) is 0 Å². The molecule has 38 heavy (non-hydrogen) atoms. The Kier molecular flexibility index (Phi) is 7.50. The number of nitrogens with one attached hydrogen (secondary N) is 3. The number of rotatable bonds is 8. The van der Waals surface area contributed by atoms with Crippen molar-refractivity contribution in [3.05, 3.63) is 77.9 Å². The summed E-state index contributed by atoms with van der Waals surface area (Å²) in [7, 11) is 1.82. The van der Waals surface area contributed by atoms with Gasteiger partial charge in [0.05, 0.1) is 36.2 Å². The van der Waals surface area contributed by atoms with Crippen LogP contribution in [0.25, 0.3) is 16.6 Å². The lowest BCUT2D eigenvalue weighted by Crippen LogP contribution is -2.36. The fourth-order valence-electron chi connectivity index (χ4n) is 4.25. The quantitative estimate of drug-likeness (QED) is 0.300. The lowest BCUT2D eigenvalue weighted by atomic mass is 9.98. The molecule has 0 saturated carbocycles. The van der Waals surface area contributed by atoms with Gasteiger partial charge in [-0.1, -0.05) is 13.8 Å². The van der Waals surface area contributed by atoms with Gasteiger partial charge in [0.2, 0.25) is 0 Å². The number of hydrogen-bond donors (Lipinski definition) is 3. The molecule has 5 heterocycles. The van der Waals surface area contributed by atoms with Gasteiger partial charge in [-0.25, -0.2) is 9.97 Å². The predicted octanol–water partition coefficient (Wildman–Crippen LogP) is 4.15. The number of nitrogens with zero attached hydrogens (tertiary/aromatic N) is 6. The van der Waals surface area contributed by atoms with Gasteiger partial charge in [-0.2, -0.15) is 5.10 Å². The Labute approximate surface area is 221 Å². The van der Waals surface area contributed by atoms with Crippen molar-refractivity contribution < 1.29 is 4.74 Å². The van der Waals surface area contributed by atoms with Gasteiger partial charge in [-0.05, 0) is 47.9 Å². The SMILES string of the molecule is CN/C=C(\C(=N)c1ccnc(N2CCOCC2)c1)c1cnc2ccc(Nc3cc(C(C)C)cnn3)nc2c1. The molecule has 0 aliphatic carbocycles. The number of pyridine rings is 3. The molecule has 5 rings (SSSR count). The van der Waals surface area contributed by atoms with Crippen LogP contribution in [-0.2, 0) is 4.74 Å². The highest BCUT2D eigenvalue weighted by molar-refractivity contribution is 6.30. The van der Waals surface area contributed by atoms with Crippen molar-refractivity contribution in [2.45, 2.75) is 19.8 Å². The zero-order valence-electron chi connectivity index (χ0n) is 21.8. The maximum Gasteiger partial charge on any atom is 0.154 e. The third kappa shape index (κ3) is 5.60. The van der Waals surface area contributed by atoms with E-state index < -0.39 is 0 Å². The largest absolute Gasteiger partial charge is 0.393 e. The number of morpholine rings is 1. The van der Waals surface area contributed by atoms with E-state index in [0.29, 0.717) is 47.6 Å². The second kappa shape index (κ2) is 11.3. The van der Waals surface area contributed by atoms with Crippen LogP contribution in [0, 0.1) is 5.41 Å². The van der Waals surface area contributed by atoms with Gasteiger partial charge in [0, 0.05) is 55.4 Å². The molecule has 4 aromatic heterocycles. The van der Waals surface area contributed by atoms with E-state index in [1.165, 1.54) is 0 Å². The summed E-state index contributed by atoms with van der Waals surface area (Å²) in [4.78, 5) is 16.1. The van der Waals surface area contributed by atoms with Gasteiger partial charge in [-0.15, -0.1) is 5.10 Å². The van der Waals surface area contributed by atoms with E-state index in [0.717, 1.165) is 41.1 Å². The Bertz CT molecular complexity index is 1480. The molecule has 0 aromatic carbocycles. The molecular formula is C28H31N9O. The summed E-state index contributed by atoms with van der Waals surface area (Å²) in [5.41, 5.74) is 5.20. The number of ether oxygens (including phenoxy) is 1. The molecule has 4 aromatic rings. The molecule has 0 unspecified atom stereocenters. The second-order valence-electron chi connectivity index (χ2n) is 9.34. The summed E-state index contributed by atoms with van der Waals surface area (Å²) < 4.78 is 5.47. The Morgan fingerprint density at radius 2 is 1.84 bits per heavy atom. The van der Waals surface area contributed by atoms with Crippen LogP contribution in [0.1, 0.15) is 36.5 Å². The molecule has 10 nitrogen and oxygen atoms in total. The Balaban J connectivity index is 1.43. The van der Waals surface area contributed by atoms with E-state index in [4.69, 9.17) is 15.1 Å². The first-order valence-electron chi connectivity index (χ1n) is 12.6. The Hall–Kier alpha value is -4.44. The molecule has 1 aliphatic heterocycles. The average molecular weight is 510 g/mol. The van der Waals surface area contributed by atoms with Crippen LogP contribution < -0.4 is 15.5 Å². The molecular weight excluding hydrogens is 478 g/mol. The van der Waals surface area contributed by atoms with Crippen LogP contribution in [0.3, 0.4) is 0 Å². The molecule has 3 N–H and O–H groups in total. The highest BCUT2D eigenvalue weighted by Gasteiger charge is 2.17. The van der Waals surface area contributed by atoms with Crippen molar-refractivity contribution >= 4 is 39.8 Å². The minimum absolute atomic E-state index is 0.348. The summed E-state index contributed by atoms with van der Waals surface area (Å²) in [6, 6.07) is 11.5. The lowest BCUT2D eigenvalue weighted by Gasteiger charge is -2.28. The van der Waals surface area contributed by atoms with Gasteiger partial charge >= 0.3 is 0 Å². The standard InChI is InChI=1S/C28H31N9O/c1-18(2)20-13-26(36-33-16-20)35-25-5-4-23-24(34-25)12-21(15-32-23)22(17-30-3)28(29)19-6-7-31-27(14-19)37-8-10-38-11-9-37/h4-7,12-18,29-30H,8-11H2,1-3H3,(H,34,35,36)/b22-17-,29-28?. The monoisotopic (exact) mass is 509 g/mol. The van der Waals surface area contributed by atoms with Gasteiger partial charge in [0.15, 0.2) is 5.82 Å². The zero-order valence-corrected chi connectivity index (χ0v) is 21.8. The van der Waals surface area contributed by atoms with Crippen molar-refractivity contribution in [1.29, 1.82) is 5.41 Å². The van der Waals surface area contributed by atoms with Crippen LogP contribution in [-0.4, -0.2) is 64.2 Å². The normalized spacial score (nSPS) is 14.1. The second-order valence-corrected chi connectivity index (χ2v) is 9.34. The summed E-state index contributed by atoms with van der Waals surface area (Å²) in [5, 5.41) is 23.7. The molecule has 194 valence electrons. The van der Waals surface area contributed by atoms with Gasteiger partial charge in [0.1, 0.15) is 11.6 Å². The maximum absolute atomic E-state index is 9.04. The van der Waals surface area contributed by atoms with Crippen molar-refractivity contribution in [3.63, 3.8) is 0 Å². The first kappa shape index (κ1) is 25.2. The topological polar surface area (TPSA) is 125 Å². The maximum atomic E-state index is 9.04. The van der Waals surface area contributed by atoms with Gasteiger partial charge in [-0.3, -0.25) is 10.4 Å². The third-order valence-corrected chi connectivity index (χ3v) is 6.37. The van der Waals surface area contributed by atoms with E-state index in [-0.39, 0.29) is 0 Å². The predicted molar refractivity (Wildman–Crippen MR) is 150 cm³/mol. The summed E-state index contributed by atoms with van der Waals surface area (Å²) >= 11 is 0. The molecule has 1 saturated heterocycles. The van der Waals surface area contributed by atoms with Crippen LogP contribution in [0.15, 0.2) is 61.2 Å². The molecule has 0 bridgehead atoms. The summed E-state index contributed by atoms with van der Waals surface area (Å²) in [5.74, 6) is 2.47. The molecule has 0 radical (unpaired) electrons. The number of anilines is 3. The number of aromatic nitrogens is 5. The van der Waals surface area contributed by atoms with E-state index in [1.54, 1.807) is 18.6 Å². The fraction of sp³-hybridized carbons (Fsp3) is 0.286. The Morgan fingerprint density at radius 1 is 1.00 bits per heavy atom. The number of fused-ring (bicyclic) bond motifs is 1. The van der Waals surface area contributed by atoms with E-state index in [1.807, 2.05) is 49.6 Å². The van der Waals surface area contributed by atoms with Gasteiger partial charge < -0.3 is 20.3 Å². The minimum Gasteiger partial charge on any atom is -0.393 e. The molecule has 0 spiro atoms. The molecule has 0 amide bonds. The molecule has 1 fully saturated rings. The number of hydrogen-bond acceptors (Lipinski definition) is 10. The zero-order chi connectivity index (χ0) is 26.5. The third-order valence-electron chi connectivity index (χ3n) is 6.37. The van der Waals surface area contributed by atoms with Crippen molar-refractivity contribution in [1.82, 2.24) is 30.5 Å². The minimum atomic E-state index is 0.348. The van der Waals surface area contributed by atoms with E-state index in [2.05, 4.69) is 49.5 Å². The molecule has 1 aliphatic rings. The first-order valence-corrected chi connectivity index (χ1v) is 12.6. The van der Waals surface area contributed by atoms with Crippen LogP contribution in [0.2, 0.25) is 0 Å². The summed E-state index contributed by atoms with van der Waals surface area (Å²) in [6.07, 6.45) is 7.11. The van der Waals surface area contributed by atoms with E-state index >= 15 is 0 Å². The Morgan fingerprint density at radius 3 is 2.63 bits per heavy atom. The highest BCUT2D eigenvalue weighted by Crippen LogP contribution is 2.25. The molecule has 0 atom stereocenters. The van der Waals surface area contributed by atoms with Crippen LogP contribution >= 0.6 is 0 Å². The smallest absolute Gasteiger partial charge is 0.154 e. The van der Waals surface area contributed by atoms with Crippen LogP contribution in [0.5, 0.6) is 0 Å². The van der Waals surface area contributed by atoms with Crippen LogP contribution in [0.4, 0.5) is 17.5 Å². The fourth-order valence-corrected chi connectivity index (χ4v) is 4.25. The molecule has 10 heteroatoms. The average Bonchev–Trinajstić information content (AvgIpc) is 2.96. The van der Waals surface area contributed by atoms with E-state index in [9.17, 15) is 0 Å². The highest BCUT2D eigenvalue weighted by atomic mass is 16.5. The number of allylic oxidation sites excluding steroid dienone is 1. The van der Waals surface area contributed by atoms with Crippen molar-refractivity contribution in [2.24, 2.45) is 0 Å². The van der Waals surface area contributed by atoms with Crippen molar-refractivity contribution in [2.75, 3.05) is 43.6 Å². The lowest BCUT2D eigenvalue weighted by molar-refractivity contribution is 0.122.